The minimum atomic E-state index is -0.368. The Kier molecular flexibility index (Phi) is 6.76. The van der Waals surface area contributed by atoms with Crippen molar-refractivity contribution in [2.45, 2.75) is 13.0 Å². The highest BCUT2D eigenvalue weighted by molar-refractivity contribution is 6.32. The number of rotatable bonds is 8. The Morgan fingerprint density at radius 3 is 2.77 bits per heavy atom. The monoisotopic (exact) mass is 430 g/mol. The molecule has 0 unspecified atom stereocenters. The van der Waals surface area contributed by atoms with Crippen molar-refractivity contribution in [2.75, 3.05) is 19.0 Å². The van der Waals surface area contributed by atoms with Crippen molar-refractivity contribution in [1.82, 2.24) is 14.8 Å². The van der Waals surface area contributed by atoms with Gasteiger partial charge in [0.05, 0.1) is 12.8 Å². The lowest BCUT2D eigenvalue weighted by Gasteiger charge is -2.14. The van der Waals surface area contributed by atoms with Crippen molar-refractivity contribution < 1.29 is 14.6 Å². The lowest BCUT2D eigenvalue weighted by Crippen LogP contribution is -2.16. The molecule has 3 rings (SSSR count). The van der Waals surface area contributed by atoms with Gasteiger partial charge in [-0.05, 0) is 25.1 Å². The number of amidine groups is 1. The smallest absolute Gasteiger partial charge is 0.238 e. The lowest BCUT2D eigenvalue weighted by atomic mass is 10.1. The molecule has 2 heterocycles. The van der Waals surface area contributed by atoms with Gasteiger partial charge in [-0.1, -0.05) is 11.6 Å². The van der Waals surface area contributed by atoms with E-state index >= 15 is 0 Å². The number of nitrogens with zero attached hydrogens (tertiary/aromatic N) is 4. The Morgan fingerprint density at radius 2 is 2.13 bits per heavy atom. The number of ether oxygens (including phenoxy) is 2. The van der Waals surface area contributed by atoms with Crippen LogP contribution in [-0.4, -0.2) is 45.5 Å². The number of hydrogen-bond donors (Lipinski definition) is 3. The lowest BCUT2D eigenvalue weighted by molar-refractivity contribution is 0.129. The third-order valence-electron chi connectivity index (χ3n) is 4.06. The Bertz CT molecular complexity index is 1050. The Hall–Kier alpha value is -3.30. The number of aliphatic hydroxyl groups excluding tert-OH is 1. The number of halogens is 1. The van der Waals surface area contributed by atoms with E-state index in [2.05, 4.69) is 20.4 Å². The van der Waals surface area contributed by atoms with Gasteiger partial charge in [0, 0.05) is 43.7 Å². The zero-order valence-corrected chi connectivity index (χ0v) is 17.6. The van der Waals surface area contributed by atoms with Gasteiger partial charge in [-0.3, -0.25) is 4.68 Å². The van der Waals surface area contributed by atoms with E-state index < -0.39 is 0 Å². The highest BCUT2D eigenvalue weighted by Crippen LogP contribution is 2.32. The highest BCUT2D eigenvalue weighted by Gasteiger charge is 2.13. The van der Waals surface area contributed by atoms with E-state index in [4.69, 9.17) is 31.9 Å². The van der Waals surface area contributed by atoms with Crippen LogP contribution in [0.2, 0.25) is 5.02 Å². The third kappa shape index (κ3) is 5.19. The van der Waals surface area contributed by atoms with E-state index in [1.54, 1.807) is 56.2 Å². The number of aliphatic imine (C=N–C) groups is 1. The Balaban J connectivity index is 1.85. The summed E-state index contributed by atoms with van der Waals surface area (Å²) in [6.45, 7) is 1.62. The summed E-state index contributed by atoms with van der Waals surface area (Å²) >= 11 is 6.28. The summed E-state index contributed by atoms with van der Waals surface area (Å²) in [4.78, 5) is 8.56. The molecule has 0 aliphatic heterocycles. The number of benzene rings is 1. The van der Waals surface area contributed by atoms with Gasteiger partial charge in [-0.2, -0.15) is 5.10 Å². The zero-order chi connectivity index (χ0) is 21.7. The zero-order valence-electron chi connectivity index (χ0n) is 16.8. The van der Waals surface area contributed by atoms with Crippen LogP contribution in [-0.2, 0) is 7.05 Å². The van der Waals surface area contributed by atoms with E-state index in [9.17, 15) is 0 Å². The van der Waals surface area contributed by atoms with Crippen molar-refractivity contribution in [3.8, 4) is 17.4 Å². The van der Waals surface area contributed by atoms with E-state index in [0.717, 1.165) is 5.69 Å². The number of anilines is 1. The summed E-state index contributed by atoms with van der Waals surface area (Å²) in [5.74, 6) is 1.91. The van der Waals surface area contributed by atoms with Crippen LogP contribution < -0.4 is 20.5 Å². The maximum atomic E-state index is 9.09. The number of aryl methyl sites for hydroxylation is 1. The van der Waals surface area contributed by atoms with Gasteiger partial charge in [0.15, 0.2) is 5.82 Å². The first-order valence-corrected chi connectivity index (χ1v) is 9.54. The summed E-state index contributed by atoms with van der Waals surface area (Å²) in [6, 6.07) is 8.66. The molecule has 10 heteroatoms. The fraction of sp³-hybridized carbons (Fsp3) is 0.250. The number of aliphatic hydroxyl groups is 1. The second kappa shape index (κ2) is 9.47. The fourth-order valence-electron chi connectivity index (χ4n) is 2.59. The van der Waals surface area contributed by atoms with E-state index in [1.807, 2.05) is 6.07 Å². The molecule has 9 nitrogen and oxygen atoms in total. The maximum Gasteiger partial charge on any atom is 0.238 e. The summed E-state index contributed by atoms with van der Waals surface area (Å²) in [7, 11) is 3.60. The second-order valence-corrected chi connectivity index (χ2v) is 6.88. The van der Waals surface area contributed by atoms with Crippen LogP contribution in [0.3, 0.4) is 0 Å². The molecule has 3 aromatic rings. The number of nitrogens with two attached hydrogens (primary N) is 1. The normalized spacial score (nSPS) is 12.5. The van der Waals surface area contributed by atoms with Crippen LogP contribution >= 0.6 is 11.6 Å². The van der Waals surface area contributed by atoms with Gasteiger partial charge < -0.3 is 25.6 Å². The van der Waals surface area contributed by atoms with Crippen molar-refractivity contribution in [1.29, 1.82) is 0 Å². The van der Waals surface area contributed by atoms with Crippen LogP contribution in [0, 0.1) is 0 Å². The average molecular weight is 431 g/mol. The number of pyridine rings is 1. The molecule has 0 amide bonds. The number of aromatic nitrogens is 3. The molecule has 0 fully saturated rings. The van der Waals surface area contributed by atoms with Gasteiger partial charge in [-0.25, -0.2) is 9.98 Å². The molecule has 1 atom stereocenters. The van der Waals surface area contributed by atoms with Gasteiger partial charge in [0.25, 0.3) is 0 Å². The number of hydrogen-bond acceptors (Lipinski definition) is 7. The molecule has 0 aliphatic rings. The third-order valence-corrected chi connectivity index (χ3v) is 4.33. The first-order chi connectivity index (χ1) is 14.4. The molecule has 0 radical (unpaired) electrons. The summed E-state index contributed by atoms with van der Waals surface area (Å²) in [5.41, 5.74) is 7.64. The second-order valence-electron chi connectivity index (χ2n) is 6.47. The van der Waals surface area contributed by atoms with Crippen LogP contribution in [0.4, 0.5) is 11.5 Å². The van der Waals surface area contributed by atoms with Gasteiger partial charge in [0.2, 0.25) is 5.88 Å². The quantitative estimate of drug-likeness (QED) is 0.371. The van der Waals surface area contributed by atoms with Crippen molar-refractivity contribution in [3.63, 3.8) is 0 Å². The fourth-order valence-corrected chi connectivity index (χ4v) is 2.79. The molecule has 4 N–H and O–H groups in total. The molecule has 30 heavy (non-hydrogen) atoms. The van der Waals surface area contributed by atoms with Crippen molar-refractivity contribution in [2.24, 2.45) is 17.8 Å². The molecule has 0 aliphatic carbocycles. The molecule has 0 saturated heterocycles. The molecule has 0 spiro atoms. The first-order valence-electron chi connectivity index (χ1n) is 9.16. The summed E-state index contributed by atoms with van der Waals surface area (Å²) in [6.07, 6.45) is 2.90. The first kappa shape index (κ1) is 21.4. The topological polar surface area (TPSA) is 120 Å². The van der Waals surface area contributed by atoms with Crippen LogP contribution in [0.1, 0.15) is 12.5 Å². The maximum absolute atomic E-state index is 9.09. The van der Waals surface area contributed by atoms with Crippen LogP contribution in [0.15, 0.2) is 47.7 Å². The van der Waals surface area contributed by atoms with Crippen molar-refractivity contribution in [3.05, 3.63) is 53.3 Å². The predicted molar refractivity (Wildman–Crippen MR) is 116 cm³/mol. The highest BCUT2D eigenvalue weighted by atomic mass is 35.5. The van der Waals surface area contributed by atoms with Crippen LogP contribution in [0.5, 0.6) is 17.4 Å². The van der Waals surface area contributed by atoms with E-state index in [0.29, 0.717) is 22.9 Å². The Morgan fingerprint density at radius 1 is 1.33 bits per heavy atom. The molecule has 0 bridgehead atoms. The van der Waals surface area contributed by atoms with Gasteiger partial charge >= 0.3 is 0 Å². The number of nitrogens with one attached hydrogen (secondary N) is 1. The minimum Gasteiger partial charge on any atom is -0.487 e. The Labute approximate surface area is 179 Å². The SMILES string of the molecule is CNc1ccc(Oc2ncc(O[C@H](C)CO)cc2Cl)cc1C(N)=Nc1ccn(C)n1. The molecule has 2 aromatic heterocycles. The molecular formula is C20H23ClN6O3. The summed E-state index contributed by atoms with van der Waals surface area (Å²) < 4.78 is 13.0. The average Bonchev–Trinajstić information content (AvgIpc) is 3.14. The molecule has 0 saturated carbocycles. The standard InChI is InChI=1S/C20H23ClN6O3/c1-12(11-28)29-14-9-16(21)20(24-10-14)30-13-4-5-17(23-2)15(8-13)19(22)25-18-6-7-27(3)26-18/h4-10,12,23,28H,11H2,1-3H3,(H2,22,25,26)/t12-/m1/s1. The predicted octanol–water partition coefficient (Wildman–Crippen LogP) is 3.10. The summed E-state index contributed by atoms with van der Waals surface area (Å²) in [5, 5.41) is 16.7. The van der Waals surface area contributed by atoms with Gasteiger partial charge in [-0.15, -0.1) is 0 Å². The largest absolute Gasteiger partial charge is 0.487 e. The molecule has 1 aromatic carbocycles. The van der Waals surface area contributed by atoms with Gasteiger partial charge in [0.1, 0.15) is 28.5 Å². The van der Waals surface area contributed by atoms with Crippen LogP contribution in [0.25, 0.3) is 0 Å². The van der Waals surface area contributed by atoms with Crippen molar-refractivity contribution >= 4 is 28.9 Å². The van der Waals surface area contributed by atoms with E-state index in [-0.39, 0.29) is 29.4 Å². The van der Waals surface area contributed by atoms with E-state index in [1.165, 1.54) is 6.20 Å². The molecular weight excluding hydrogens is 408 g/mol. The molecule has 158 valence electrons. The minimum absolute atomic E-state index is 0.113.